The predicted octanol–water partition coefficient (Wildman–Crippen LogP) is -10.1. The molecule has 0 spiro atoms. The number of carbonyl (C=O) groups excluding carboxylic acids is 3. The maximum absolute atomic E-state index is 10.1. The first-order chi connectivity index (χ1) is 5.43. The Hall–Kier alpha value is 0.210. The minimum Gasteiger partial charge on any atom is -0.550 e. The standard InChI is InChI=1S/C5H8N2O5.2Na/c6-5(12)7-2(4(10)11)1-3(8)9;;/h2H,1H2,(H,8,9)(H,10,11)(H3,6,7,12);;/q;2*+1/p-2. The molecule has 0 heterocycles. The number of hydrogen-bond donors (Lipinski definition) is 2. The smallest absolute Gasteiger partial charge is 0.550 e. The fourth-order valence-electron chi connectivity index (χ4n) is 0.532. The molecule has 0 fully saturated rings. The third-order valence-electron chi connectivity index (χ3n) is 0.972. The van der Waals surface area contributed by atoms with E-state index in [-0.39, 0.29) is 59.1 Å². The van der Waals surface area contributed by atoms with Crippen molar-refractivity contribution in [3.8, 4) is 0 Å². The molecule has 1 unspecified atom stereocenters. The van der Waals surface area contributed by atoms with E-state index in [1.165, 1.54) is 0 Å². The second kappa shape index (κ2) is 9.75. The van der Waals surface area contributed by atoms with Crippen LogP contribution in [0.1, 0.15) is 6.42 Å². The van der Waals surface area contributed by atoms with Crippen LogP contribution in [-0.4, -0.2) is 24.0 Å². The third kappa shape index (κ3) is 10.3. The van der Waals surface area contributed by atoms with Crippen molar-refractivity contribution in [2.75, 3.05) is 0 Å². The molecule has 68 valence electrons. The first kappa shape index (κ1) is 19.7. The molecule has 0 saturated heterocycles. The summed E-state index contributed by atoms with van der Waals surface area (Å²) >= 11 is 0. The molecule has 0 rings (SSSR count). The summed E-state index contributed by atoms with van der Waals surface area (Å²) < 4.78 is 0. The fourth-order valence-corrected chi connectivity index (χ4v) is 0.532. The van der Waals surface area contributed by atoms with Gasteiger partial charge < -0.3 is 30.9 Å². The van der Waals surface area contributed by atoms with Crippen LogP contribution in [0.25, 0.3) is 0 Å². The van der Waals surface area contributed by atoms with Gasteiger partial charge in [0.2, 0.25) is 0 Å². The van der Waals surface area contributed by atoms with Crippen molar-refractivity contribution in [3.05, 3.63) is 0 Å². The van der Waals surface area contributed by atoms with Gasteiger partial charge in [-0.2, -0.15) is 0 Å². The topological polar surface area (TPSA) is 135 Å². The molecule has 0 bridgehead atoms. The van der Waals surface area contributed by atoms with Crippen LogP contribution in [0, 0.1) is 0 Å². The van der Waals surface area contributed by atoms with Gasteiger partial charge in [0.15, 0.2) is 0 Å². The quantitative estimate of drug-likeness (QED) is 0.453. The zero-order chi connectivity index (χ0) is 9.72. The number of hydrogen-bond acceptors (Lipinski definition) is 5. The Morgan fingerprint density at radius 1 is 1.21 bits per heavy atom. The van der Waals surface area contributed by atoms with Gasteiger partial charge in [-0.05, 0) is 0 Å². The first-order valence-electron chi connectivity index (χ1n) is 2.90. The molecular weight excluding hydrogens is 214 g/mol. The van der Waals surface area contributed by atoms with Crippen LogP contribution in [-0.2, 0) is 9.59 Å². The molecule has 3 N–H and O–H groups in total. The van der Waals surface area contributed by atoms with Crippen molar-refractivity contribution in [2.45, 2.75) is 12.5 Å². The largest absolute Gasteiger partial charge is 1.00 e. The minimum atomic E-state index is -1.72. The number of amides is 2. The molecular formula is C5H6N2Na2O5. The number of aliphatic carboxylic acids is 2. The normalized spacial score (nSPS) is 10.0. The molecule has 0 aromatic rings. The molecule has 14 heavy (non-hydrogen) atoms. The maximum atomic E-state index is 10.1. The third-order valence-corrected chi connectivity index (χ3v) is 0.972. The number of urea groups is 1. The van der Waals surface area contributed by atoms with Crippen molar-refractivity contribution in [1.82, 2.24) is 5.32 Å². The Morgan fingerprint density at radius 2 is 1.64 bits per heavy atom. The summed E-state index contributed by atoms with van der Waals surface area (Å²) in [5, 5.41) is 21.7. The molecule has 0 saturated carbocycles. The van der Waals surface area contributed by atoms with Crippen LogP contribution < -0.4 is 80.4 Å². The van der Waals surface area contributed by atoms with Gasteiger partial charge in [0.1, 0.15) is 0 Å². The summed E-state index contributed by atoms with van der Waals surface area (Å²) in [6.07, 6.45) is -0.870. The second-order valence-corrected chi connectivity index (χ2v) is 1.96. The van der Waals surface area contributed by atoms with Crippen molar-refractivity contribution < 1.29 is 83.7 Å². The van der Waals surface area contributed by atoms with Gasteiger partial charge in [-0.25, -0.2) is 4.79 Å². The molecule has 7 nitrogen and oxygen atoms in total. The molecule has 0 aromatic carbocycles. The van der Waals surface area contributed by atoms with Gasteiger partial charge in [-0.15, -0.1) is 0 Å². The molecule has 0 radical (unpaired) electrons. The fraction of sp³-hybridized carbons (Fsp3) is 0.400. The average molecular weight is 220 g/mol. The van der Waals surface area contributed by atoms with E-state index in [1.807, 2.05) is 0 Å². The van der Waals surface area contributed by atoms with Crippen molar-refractivity contribution in [1.29, 1.82) is 0 Å². The van der Waals surface area contributed by atoms with E-state index in [9.17, 15) is 24.6 Å². The molecule has 0 aliphatic carbocycles. The van der Waals surface area contributed by atoms with Crippen molar-refractivity contribution in [2.24, 2.45) is 5.73 Å². The number of carboxylic acid groups (broad SMARTS) is 2. The van der Waals surface area contributed by atoms with Crippen LogP contribution >= 0.6 is 0 Å². The van der Waals surface area contributed by atoms with Gasteiger partial charge in [-0.3, -0.25) is 0 Å². The number of nitrogens with two attached hydrogens (primary N) is 1. The van der Waals surface area contributed by atoms with Crippen LogP contribution in [0.2, 0.25) is 0 Å². The van der Waals surface area contributed by atoms with Gasteiger partial charge in [0.05, 0.1) is 12.0 Å². The maximum Gasteiger partial charge on any atom is 1.00 e. The Labute approximate surface area is 124 Å². The molecule has 0 aromatic heterocycles. The number of carbonyl (C=O) groups is 3. The summed E-state index contributed by atoms with van der Waals surface area (Å²) in [4.78, 5) is 30.1. The molecule has 9 heteroatoms. The predicted molar refractivity (Wildman–Crippen MR) is 31.1 cm³/mol. The summed E-state index contributed by atoms with van der Waals surface area (Å²) in [5.41, 5.74) is 4.55. The molecule has 0 aliphatic rings. The Balaban J connectivity index is -0.000000605. The van der Waals surface area contributed by atoms with Gasteiger partial charge in [0.25, 0.3) is 0 Å². The summed E-state index contributed by atoms with van der Waals surface area (Å²) in [6, 6.07) is -2.78. The molecule has 2 amide bonds. The van der Waals surface area contributed by atoms with Crippen molar-refractivity contribution >= 4 is 18.0 Å². The molecule has 0 aliphatic heterocycles. The summed E-state index contributed by atoms with van der Waals surface area (Å²) in [7, 11) is 0. The summed E-state index contributed by atoms with van der Waals surface area (Å²) in [6.45, 7) is 0. The van der Waals surface area contributed by atoms with Crippen LogP contribution in [0.15, 0.2) is 0 Å². The van der Waals surface area contributed by atoms with Crippen LogP contribution in [0.3, 0.4) is 0 Å². The summed E-state index contributed by atoms with van der Waals surface area (Å²) in [5.74, 6) is -3.34. The number of rotatable bonds is 4. The van der Waals surface area contributed by atoms with E-state index in [4.69, 9.17) is 0 Å². The van der Waals surface area contributed by atoms with E-state index >= 15 is 0 Å². The van der Waals surface area contributed by atoms with Crippen molar-refractivity contribution in [3.63, 3.8) is 0 Å². The van der Waals surface area contributed by atoms with Crippen LogP contribution in [0.4, 0.5) is 4.79 Å². The van der Waals surface area contributed by atoms with Gasteiger partial charge in [0, 0.05) is 12.4 Å². The SMILES string of the molecule is NC(=O)NC(CC(=O)[O-])C(=O)[O-].[Na+].[Na+]. The van der Waals surface area contributed by atoms with E-state index in [1.54, 1.807) is 5.32 Å². The van der Waals surface area contributed by atoms with Crippen LogP contribution in [0.5, 0.6) is 0 Å². The number of nitrogens with one attached hydrogen (secondary N) is 1. The minimum absolute atomic E-state index is 0. The Bertz CT molecular complexity index is 206. The van der Waals surface area contributed by atoms with E-state index < -0.39 is 30.4 Å². The average Bonchev–Trinajstić information content (AvgIpc) is 1.83. The van der Waals surface area contributed by atoms with Gasteiger partial charge in [-0.1, -0.05) is 0 Å². The van der Waals surface area contributed by atoms with E-state index in [0.717, 1.165) is 0 Å². The second-order valence-electron chi connectivity index (χ2n) is 1.96. The van der Waals surface area contributed by atoms with E-state index in [0.29, 0.717) is 0 Å². The zero-order valence-corrected chi connectivity index (χ0v) is 11.9. The molecule has 1 atom stereocenters. The Kier molecular flexibility index (Phi) is 13.7. The number of carboxylic acids is 2. The first-order valence-corrected chi connectivity index (χ1v) is 2.90. The van der Waals surface area contributed by atoms with Gasteiger partial charge >= 0.3 is 65.1 Å². The monoisotopic (exact) mass is 220 g/mol. The van der Waals surface area contributed by atoms with E-state index in [2.05, 4.69) is 5.73 Å². The zero-order valence-electron chi connectivity index (χ0n) is 7.90. The Morgan fingerprint density at radius 3 is 1.86 bits per heavy atom. The number of primary amides is 1.